The van der Waals surface area contributed by atoms with Crippen molar-refractivity contribution in [2.24, 2.45) is 0 Å². The molecule has 0 aliphatic carbocycles. The van der Waals surface area contributed by atoms with Crippen LogP contribution in [0.5, 0.6) is 0 Å². The molecule has 0 atom stereocenters. The zero-order valence-electron chi connectivity index (χ0n) is 13.3. The Morgan fingerprint density at radius 3 is 2.48 bits per heavy atom. The Bertz CT molecular complexity index is 846. The first-order valence-electron chi connectivity index (χ1n) is 7.66. The zero-order valence-corrected chi connectivity index (χ0v) is 14.9. The van der Waals surface area contributed by atoms with Gasteiger partial charge in [-0.1, -0.05) is 35.9 Å². The number of amides is 1. The van der Waals surface area contributed by atoms with Gasteiger partial charge >= 0.3 is 0 Å². The van der Waals surface area contributed by atoms with Crippen LogP contribution in [0, 0.1) is 0 Å². The van der Waals surface area contributed by atoms with Crippen molar-refractivity contribution in [1.29, 1.82) is 0 Å². The van der Waals surface area contributed by atoms with Crippen LogP contribution in [0.15, 0.2) is 53.9 Å². The molecule has 3 rings (SSSR count). The van der Waals surface area contributed by atoms with Crippen molar-refractivity contribution in [3.05, 3.63) is 64.5 Å². The Kier molecular flexibility index (Phi) is 5.65. The van der Waals surface area contributed by atoms with E-state index >= 15 is 0 Å². The second-order valence-corrected chi connectivity index (χ2v) is 6.75. The van der Waals surface area contributed by atoms with E-state index in [1.807, 2.05) is 53.9 Å². The standard InChI is InChI=1S/C18H17ClN4OS/c19-14-5-1-12(2-6-14)9-21-10-17(24)22-15-7-3-13(4-8-15)16-11-25-18(20)23-16/h1-8,11,21H,9-10H2,(H2,20,23)(H,22,24). The average molecular weight is 373 g/mol. The number of carbonyl (C=O) groups excluding carboxylic acids is 1. The summed E-state index contributed by atoms with van der Waals surface area (Å²) in [5.74, 6) is -0.0976. The minimum atomic E-state index is -0.0976. The third kappa shape index (κ3) is 5.03. The molecule has 0 unspecified atom stereocenters. The third-order valence-corrected chi connectivity index (χ3v) is 4.44. The second kappa shape index (κ2) is 8.11. The van der Waals surface area contributed by atoms with Crippen LogP contribution < -0.4 is 16.4 Å². The molecule has 0 aliphatic rings. The van der Waals surface area contributed by atoms with E-state index in [2.05, 4.69) is 15.6 Å². The normalized spacial score (nSPS) is 10.6. The minimum absolute atomic E-state index is 0.0976. The van der Waals surface area contributed by atoms with Gasteiger partial charge in [-0.05, 0) is 29.8 Å². The molecule has 1 heterocycles. The molecule has 0 aliphatic heterocycles. The van der Waals surface area contributed by atoms with Gasteiger partial charge in [-0.2, -0.15) is 0 Å². The highest BCUT2D eigenvalue weighted by Gasteiger charge is 2.05. The fourth-order valence-electron chi connectivity index (χ4n) is 2.27. The maximum absolute atomic E-state index is 12.0. The fraction of sp³-hybridized carbons (Fsp3) is 0.111. The summed E-state index contributed by atoms with van der Waals surface area (Å²) in [5, 5.41) is 9.11. The molecular formula is C18H17ClN4OS. The Morgan fingerprint density at radius 2 is 1.84 bits per heavy atom. The smallest absolute Gasteiger partial charge is 0.238 e. The van der Waals surface area contributed by atoms with E-state index < -0.39 is 0 Å². The maximum Gasteiger partial charge on any atom is 0.238 e. The molecule has 0 radical (unpaired) electrons. The van der Waals surface area contributed by atoms with Gasteiger partial charge in [0.25, 0.3) is 0 Å². The highest BCUT2D eigenvalue weighted by molar-refractivity contribution is 7.13. The number of hydrogen-bond acceptors (Lipinski definition) is 5. The number of rotatable bonds is 6. The van der Waals surface area contributed by atoms with Gasteiger partial charge in [0, 0.05) is 28.2 Å². The van der Waals surface area contributed by atoms with E-state index in [0.29, 0.717) is 16.7 Å². The molecule has 0 saturated heterocycles. The lowest BCUT2D eigenvalue weighted by molar-refractivity contribution is -0.115. The summed E-state index contributed by atoms with van der Waals surface area (Å²) >= 11 is 7.25. The van der Waals surface area contributed by atoms with Gasteiger partial charge < -0.3 is 16.4 Å². The number of aromatic nitrogens is 1. The molecule has 1 amide bonds. The minimum Gasteiger partial charge on any atom is -0.375 e. The topological polar surface area (TPSA) is 80.0 Å². The average Bonchev–Trinajstić information content (AvgIpc) is 3.04. The first-order chi connectivity index (χ1) is 12.1. The van der Waals surface area contributed by atoms with Gasteiger partial charge in [0.05, 0.1) is 12.2 Å². The van der Waals surface area contributed by atoms with Crippen LogP contribution >= 0.6 is 22.9 Å². The highest BCUT2D eigenvalue weighted by atomic mass is 35.5. The van der Waals surface area contributed by atoms with Crippen molar-refractivity contribution in [1.82, 2.24) is 10.3 Å². The number of carbonyl (C=O) groups is 1. The van der Waals surface area contributed by atoms with Crippen LogP contribution in [0.2, 0.25) is 5.02 Å². The molecule has 0 fully saturated rings. The molecule has 2 aromatic carbocycles. The summed E-state index contributed by atoms with van der Waals surface area (Å²) in [6.07, 6.45) is 0. The number of thiazole rings is 1. The summed E-state index contributed by atoms with van der Waals surface area (Å²) < 4.78 is 0. The molecule has 1 aromatic heterocycles. The second-order valence-electron chi connectivity index (χ2n) is 5.43. The molecule has 3 aromatic rings. The van der Waals surface area contributed by atoms with E-state index in [1.165, 1.54) is 11.3 Å². The van der Waals surface area contributed by atoms with Crippen molar-refractivity contribution < 1.29 is 4.79 Å². The summed E-state index contributed by atoms with van der Waals surface area (Å²) in [6, 6.07) is 15.0. The summed E-state index contributed by atoms with van der Waals surface area (Å²) in [7, 11) is 0. The largest absolute Gasteiger partial charge is 0.375 e. The van der Waals surface area contributed by atoms with Crippen molar-refractivity contribution in [2.75, 3.05) is 17.6 Å². The van der Waals surface area contributed by atoms with Gasteiger partial charge in [0.15, 0.2) is 5.13 Å². The van der Waals surface area contributed by atoms with Crippen molar-refractivity contribution in [3.8, 4) is 11.3 Å². The molecule has 4 N–H and O–H groups in total. The number of nitrogens with two attached hydrogens (primary N) is 1. The van der Waals surface area contributed by atoms with E-state index in [9.17, 15) is 4.79 Å². The van der Waals surface area contributed by atoms with Crippen molar-refractivity contribution >= 4 is 39.7 Å². The maximum atomic E-state index is 12.0. The van der Waals surface area contributed by atoms with Crippen LogP contribution in [0.3, 0.4) is 0 Å². The lowest BCUT2D eigenvalue weighted by atomic mass is 10.1. The molecule has 0 bridgehead atoms. The number of benzene rings is 2. The molecule has 0 saturated carbocycles. The Morgan fingerprint density at radius 1 is 1.12 bits per heavy atom. The molecule has 5 nitrogen and oxygen atoms in total. The number of hydrogen-bond donors (Lipinski definition) is 3. The monoisotopic (exact) mass is 372 g/mol. The Balaban J connectivity index is 1.48. The number of anilines is 2. The SMILES string of the molecule is Nc1nc(-c2ccc(NC(=O)CNCc3ccc(Cl)cc3)cc2)cs1. The fourth-order valence-corrected chi connectivity index (χ4v) is 2.97. The van der Waals surface area contributed by atoms with E-state index in [-0.39, 0.29) is 12.5 Å². The van der Waals surface area contributed by atoms with Crippen LogP contribution in [-0.4, -0.2) is 17.4 Å². The number of halogens is 1. The summed E-state index contributed by atoms with van der Waals surface area (Å²) in [4.78, 5) is 16.2. The van der Waals surface area contributed by atoms with E-state index in [0.717, 1.165) is 22.5 Å². The first-order valence-corrected chi connectivity index (χ1v) is 8.92. The number of nitrogen functional groups attached to an aromatic ring is 1. The van der Waals surface area contributed by atoms with Gasteiger partial charge in [0.1, 0.15) is 0 Å². The molecule has 128 valence electrons. The predicted molar refractivity (Wildman–Crippen MR) is 104 cm³/mol. The third-order valence-electron chi connectivity index (χ3n) is 3.51. The van der Waals surface area contributed by atoms with Crippen LogP contribution in [0.4, 0.5) is 10.8 Å². The highest BCUT2D eigenvalue weighted by Crippen LogP contribution is 2.24. The lowest BCUT2D eigenvalue weighted by Crippen LogP contribution is -2.27. The van der Waals surface area contributed by atoms with Crippen LogP contribution in [0.25, 0.3) is 11.3 Å². The summed E-state index contributed by atoms with van der Waals surface area (Å²) in [6.45, 7) is 0.835. The molecular weight excluding hydrogens is 356 g/mol. The van der Waals surface area contributed by atoms with Crippen molar-refractivity contribution in [2.45, 2.75) is 6.54 Å². The Labute approximate surface area is 154 Å². The molecule has 25 heavy (non-hydrogen) atoms. The molecule has 7 heteroatoms. The predicted octanol–water partition coefficient (Wildman–Crippen LogP) is 3.77. The van der Waals surface area contributed by atoms with Gasteiger partial charge in [-0.25, -0.2) is 4.98 Å². The van der Waals surface area contributed by atoms with E-state index in [1.54, 1.807) is 0 Å². The number of nitrogens with zero attached hydrogens (tertiary/aromatic N) is 1. The van der Waals surface area contributed by atoms with Gasteiger partial charge in [-0.15, -0.1) is 11.3 Å². The zero-order chi connectivity index (χ0) is 17.6. The van der Waals surface area contributed by atoms with Gasteiger partial charge in [0.2, 0.25) is 5.91 Å². The quantitative estimate of drug-likeness (QED) is 0.615. The summed E-state index contributed by atoms with van der Waals surface area (Å²) in [5.41, 5.74) is 9.26. The van der Waals surface area contributed by atoms with Gasteiger partial charge in [-0.3, -0.25) is 4.79 Å². The van der Waals surface area contributed by atoms with Crippen LogP contribution in [-0.2, 0) is 11.3 Å². The molecule has 0 spiro atoms. The lowest BCUT2D eigenvalue weighted by Gasteiger charge is -2.07. The Hall–Kier alpha value is -2.41. The first kappa shape index (κ1) is 17.4. The number of nitrogens with one attached hydrogen (secondary N) is 2. The van der Waals surface area contributed by atoms with Crippen LogP contribution in [0.1, 0.15) is 5.56 Å². The van der Waals surface area contributed by atoms with Crippen molar-refractivity contribution in [3.63, 3.8) is 0 Å². The van der Waals surface area contributed by atoms with E-state index in [4.69, 9.17) is 17.3 Å².